The van der Waals surface area contributed by atoms with Crippen LogP contribution in [0.2, 0.25) is 5.15 Å². The first-order valence-electron chi connectivity index (χ1n) is 5.58. The molecule has 0 radical (unpaired) electrons. The summed E-state index contributed by atoms with van der Waals surface area (Å²) in [5.74, 6) is -0.509. The minimum Gasteiger partial charge on any atom is -0.463 e. The first kappa shape index (κ1) is 15.0. The average Bonchev–Trinajstić information content (AvgIpc) is 2.37. The lowest BCUT2D eigenvalue weighted by atomic mass is 10.1. The minimum atomic E-state index is -0.509. The Morgan fingerprint density at radius 2 is 2.21 bits per heavy atom. The lowest BCUT2D eigenvalue weighted by molar-refractivity contribution is -0.137. The lowest BCUT2D eigenvalue weighted by Gasteiger charge is -2.10. The highest BCUT2D eigenvalue weighted by atomic mass is 35.5. The molecule has 1 heterocycles. The summed E-state index contributed by atoms with van der Waals surface area (Å²) < 4.78 is 5.92. The number of hydrogen-bond donors (Lipinski definition) is 0. The van der Waals surface area contributed by atoms with Gasteiger partial charge in [-0.3, -0.25) is 4.79 Å². The summed E-state index contributed by atoms with van der Waals surface area (Å²) in [4.78, 5) is 23.0. The molecule has 1 aromatic rings. The van der Waals surface area contributed by atoms with Gasteiger partial charge in [-0.25, -0.2) is 4.79 Å². The smallest absolute Gasteiger partial charge is 0.330 e. The van der Waals surface area contributed by atoms with Gasteiger partial charge in [-0.15, -0.1) is 0 Å². The Morgan fingerprint density at radius 3 is 2.74 bits per heavy atom. The molecule has 19 heavy (non-hydrogen) atoms. The van der Waals surface area contributed by atoms with E-state index < -0.39 is 11.5 Å². The molecular weight excluding hydrogens is 268 g/mol. The van der Waals surface area contributed by atoms with Crippen LogP contribution in [0.15, 0.2) is 10.9 Å². The van der Waals surface area contributed by atoms with Crippen molar-refractivity contribution in [3.05, 3.63) is 38.3 Å². The highest BCUT2D eigenvalue weighted by Crippen LogP contribution is 2.21. The number of pyridine rings is 1. The summed E-state index contributed by atoms with van der Waals surface area (Å²) in [5.41, 5.74) is 0.443. The van der Waals surface area contributed by atoms with Gasteiger partial charge >= 0.3 is 5.97 Å². The molecule has 0 spiro atoms. The Morgan fingerprint density at radius 1 is 1.58 bits per heavy atom. The van der Waals surface area contributed by atoms with E-state index in [2.05, 4.69) is 0 Å². The zero-order valence-electron chi connectivity index (χ0n) is 10.9. The molecule has 0 aliphatic heterocycles. The number of halogens is 1. The normalized spacial score (nSPS) is 10.5. The van der Waals surface area contributed by atoms with Crippen LogP contribution >= 0.6 is 11.6 Å². The molecule has 0 saturated heterocycles. The highest BCUT2D eigenvalue weighted by molar-refractivity contribution is 6.31. The van der Waals surface area contributed by atoms with Gasteiger partial charge in [-0.2, -0.15) is 5.26 Å². The summed E-state index contributed by atoms with van der Waals surface area (Å²) in [6.45, 7) is 3.58. The van der Waals surface area contributed by atoms with Crippen LogP contribution in [0.5, 0.6) is 0 Å². The number of hydrogen-bond acceptors (Lipinski definition) is 4. The predicted molar refractivity (Wildman–Crippen MR) is 71.8 cm³/mol. The van der Waals surface area contributed by atoms with Crippen LogP contribution in [-0.2, 0) is 16.6 Å². The van der Waals surface area contributed by atoms with Crippen LogP contribution in [-0.4, -0.2) is 17.1 Å². The summed E-state index contributed by atoms with van der Waals surface area (Å²) in [7, 11) is 1.46. The number of esters is 1. The van der Waals surface area contributed by atoms with E-state index in [-0.39, 0.29) is 17.3 Å². The molecule has 6 heteroatoms. The third-order valence-electron chi connectivity index (χ3n) is 2.60. The number of ether oxygens (including phenoxy) is 1. The van der Waals surface area contributed by atoms with Crippen LogP contribution in [0.4, 0.5) is 0 Å². The molecule has 0 bridgehead atoms. The van der Waals surface area contributed by atoms with Crippen LogP contribution in [0.1, 0.15) is 23.6 Å². The second kappa shape index (κ2) is 6.21. The number of nitriles is 1. The zero-order chi connectivity index (χ0) is 14.6. The van der Waals surface area contributed by atoms with Crippen molar-refractivity contribution in [2.75, 3.05) is 6.61 Å². The Hall–Kier alpha value is -2.06. The summed E-state index contributed by atoms with van der Waals surface area (Å²) in [6.07, 6.45) is 2.65. The first-order chi connectivity index (χ1) is 8.93. The largest absolute Gasteiger partial charge is 0.463 e. The molecule has 100 valence electrons. The number of nitrogens with zero attached hydrogens (tertiary/aromatic N) is 2. The molecule has 0 atom stereocenters. The van der Waals surface area contributed by atoms with Gasteiger partial charge in [0.2, 0.25) is 0 Å². The average molecular weight is 281 g/mol. The Balaban J connectivity index is 3.38. The molecule has 0 fully saturated rings. The number of rotatable bonds is 3. The van der Waals surface area contributed by atoms with E-state index in [4.69, 9.17) is 21.6 Å². The molecule has 0 N–H and O–H groups in total. The van der Waals surface area contributed by atoms with E-state index in [1.165, 1.54) is 19.2 Å². The topological polar surface area (TPSA) is 72.1 Å². The SMILES string of the molecule is CCOC(=O)/C=C\c1c(C)c(C#N)c(=O)n(C)c1Cl. The molecule has 0 saturated carbocycles. The quantitative estimate of drug-likeness (QED) is 0.481. The molecule has 0 amide bonds. The van der Waals surface area contributed by atoms with E-state index >= 15 is 0 Å². The van der Waals surface area contributed by atoms with E-state index in [9.17, 15) is 9.59 Å². The van der Waals surface area contributed by atoms with Crippen molar-refractivity contribution in [1.82, 2.24) is 4.57 Å². The fourth-order valence-corrected chi connectivity index (χ4v) is 1.84. The van der Waals surface area contributed by atoms with Gasteiger partial charge in [0.15, 0.2) is 0 Å². The number of carbonyl (C=O) groups excluding carboxylic acids is 1. The van der Waals surface area contributed by atoms with Crippen molar-refractivity contribution in [2.45, 2.75) is 13.8 Å². The molecule has 1 aromatic heterocycles. The van der Waals surface area contributed by atoms with Crippen molar-refractivity contribution in [2.24, 2.45) is 7.05 Å². The third-order valence-corrected chi connectivity index (χ3v) is 3.06. The number of carbonyl (C=O) groups is 1. The third kappa shape index (κ3) is 3.04. The second-order valence-corrected chi connectivity index (χ2v) is 4.12. The molecule has 0 aliphatic rings. The van der Waals surface area contributed by atoms with Gasteiger partial charge in [0.1, 0.15) is 16.8 Å². The van der Waals surface area contributed by atoms with Gasteiger partial charge in [0.25, 0.3) is 5.56 Å². The second-order valence-electron chi connectivity index (χ2n) is 3.77. The number of aromatic nitrogens is 1. The predicted octanol–water partition coefficient (Wildman–Crippen LogP) is 1.80. The van der Waals surface area contributed by atoms with Crippen molar-refractivity contribution in [3.63, 3.8) is 0 Å². The van der Waals surface area contributed by atoms with Crippen molar-refractivity contribution in [3.8, 4) is 6.07 Å². The monoisotopic (exact) mass is 280 g/mol. The van der Waals surface area contributed by atoms with Crippen molar-refractivity contribution < 1.29 is 9.53 Å². The molecule has 0 aromatic carbocycles. The summed E-state index contributed by atoms with van der Waals surface area (Å²) in [6, 6.07) is 1.84. The maximum Gasteiger partial charge on any atom is 0.330 e. The van der Waals surface area contributed by atoms with Crippen molar-refractivity contribution in [1.29, 1.82) is 5.26 Å². The Bertz CT molecular complexity index is 639. The Labute approximate surface area is 115 Å². The van der Waals surface area contributed by atoms with Gasteiger partial charge in [0, 0.05) is 18.7 Å². The molecular formula is C13H13ClN2O3. The minimum absolute atomic E-state index is 0.00964. The molecule has 0 unspecified atom stereocenters. The molecule has 1 rings (SSSR count). The fourth-order valence-electron chi connectivity index (χ4n) is 1.55. The van der Waals surface area contributed by atoms with Crippen LogP contribution in [0, 0.1) is 18.3 Å². The van der Waals surface area contributed by atoms with Crippen LogP contribution in [0.3, 0.4) is 0 Å². The summed E-state index contributed by atoms with van der Waals surface area (Å²) >= 11 is 6.04. The maximum absolute atomic E-state index is 11.8. The molecule has 0 aliphatic carbocycles. The first-order valence-corrected chi connectivity index (χ1v) is 5.95. The van der Waals surface area contributed by atoms with Gasteiger partial charge in [-0.1, -0.05) is 11.6 Å². The standard InChI is InChI=1S/C13H13ClN2O3/c1-4-19-11(17)6-5-9-8(2)10(7-15)13(18)16(3)12(9)14/h5-6H,4H2,1-3H3/b6-5-. The maximum atomic E-state index is 11.8. The van der Waals surface area contributed by atoms with E-state index in [0.29, 0.717) is 11.1 Å². The van der Waals surface area contributed by atoms with Gasteiger partial charge in [0.05, 0.1) is 6.61 Å². The summed E-state index contributed by atoms with van der Waals surface area (Å²) in [5, 5.41) is 9.15. The van der Waals surface area contributed by atoms with E-state index in [1.807, 2.05) is 6.07 Å². The van der Waals surface area contributed by atoms with Gasteiger partial charge < -0.3 is 9.30 Å². The fraction of sp³-hybridized carbons (Fsp3) is 0.308. The lowest BCUT2D eigenvalue weighted by Crippen LogP contribution is -2.22. The molecule has 5 nitrogen and oxygen atoms in total. The van der Waals surface area contributed by atoms with Gasteiger partial charge in [-0.05, 0) is 25.5 Å². The van der Waals surface area contributed by atoms with Crippen LogP contribution < -0.4 is 5.56 Å². The van der Waals surface area contributed by atoms with Crippen molar-refractivity contribution >= 4 is 23.6 Å². The zero-order valence-corrected chi connectivity index (χ0v) is 11.6. The van der Waals surface area contributed by atoms with Crippen LogP contribution in [0.25, 0.3) is 6.08 Å². The Kier molecular flexibility index (Phi) is 4.90. The van der Waals surface area contributed by atoms with E-state index in [1.54, 1.807) is 13.8 Å². The highest BCUT2D eigenvalue weighted by Gasteiger charge is 2.14. The van der Waals surface area contributed by atoms with E-state index in [0.717, 1.165) is 4.57 Å².